The number of piperidine rings is 1. The maximum atomic E-state index is 12.6. The van der Waals surface area contributed by atoms with E-state index < -0.39 is 6.04 Å². The molecule has 0 bridgehead atoms. The molecule has 3 aromatic rings. The molecule has 156 valence electrons. The second-order valence-corrected chi connectivity index (χ2v) is 9.20. The summed E-state index contributed by atoms with van der Waals surface area (Å²) in [4.78, 5) is 30.7. The average molecular weight is 423 g/mol. The monoisotopic (exact) mass is 422 g/mol. The number of carbonyl (C=O) groups excluding carboxylic acids is 2. The molecule has 0 aliphatic carbocycles. The number of fused-ring (bicyclic) bond motifs is 1. The SMILES string of the molecule is CC(=O)[C@@H](Cc1ccccc1)NC(=O)C[NH+]1CCC(c2nc3ccccc3s2)CC1. The van der Waals surface area contributed by atoms with Crippen LogP contribution >= 0.6 is 11.3 Å². The maximum absolute atomic E-state index is 12.6. The third-order valence-corrected chi connectivity index (χ3v) is 7.07. The second kappa shape index (κ2) is 9.49. The highest BCUT2D eigenvalue weighted by Gasteiger charge is 2.28. The first-order valence-corrected chi connectivity index (χ1v) is 11.4. The van der Waals surface area contributed by atoms with Gasteiger partial charge < -0.3 is 10.2 Å². The number of nitrogens with one attached hydrogen (secondary N) is 2. The molecule has 0 saturated carbocycles. The van der Waals surface area contributed by atoms with Crippen molar-refractivity contribution in [3.05, 3.63) is 65.2 Å². The third-order valence-electron chi connectivity index (χ3n) is 5.87. The van der Waals surface area contributed by atoms with Gasteiger partial charge in [-0.05, 0) is 31.0 Å². The molecule has 0 unspecified atom stereocenters. The van der Waals surface area contributed by atoms with Crippen LogP contribution in [-0.4, -0.2) is 42.4 Å². The first kappa shape index (κ1) is 20.7. The van der Waals surface area contributed by atoms with Gasteiger partial charge in [-0.15, -0.1) is 11.3 Å². The molecule has 4 rings (SSSR count). The molecule has 5 nitrogen and oxygen atoms in total. The van der Waals surface area contributed by atoms with Crippen molar-refractivity contribution in [1.82, 2.24) is 10.3 Å². The smallest absolute Gasteiger partial charge is 0.275 e. The van der Waals surface area contributed by atoms with E-state index in [0.29, 0.717) is 18.9 Å². The highest BCUT2D eigenvalue weighted by molar-refractivity contribution is 7.18. The first-order chi connectivity index (χ1) is 14.6. The molecule has 0 radical (unpaired) electrons. The zero-order chi connectivity index (χ0) is 20.9. The number of benzene rings is 2. The Morgan fingerprint density at radius 2 is 1.80 bits per heavy atom. The summed E-state index contributed by atoms with van der Waals surface area (Å²) in [6.45, 7) is 3.88. The quantitative estimate of drug-likeness (QED) is 0.615. The summed E-state index contributed by atoms with van der Waals surface area (Å²) in [6, 6.07) is 17.7. The molecule has 1 atom stereocenters. The molecule has 0 spiro atoms. The zero-order valence-electron chi connectivity index (χ0n) is 17.3. The Morgan fingerprint density at radius 3 is 2.50 bits per heavy atom. The topological polar surface area (TPSA) is 63.5 Å². The van der Waals surface area contributed by atoms with E-state index in [2.05, 4.69) is 23.5 Å². The van der Waals surface area contributed by atoms with E-state index >= 15 is 0 Å². The van der Waals surface area contributed by atoms with Crippen molar-refractivity contribution in [3.8, 4) is 0 Å². The van der Waals surface area contributed by atoms with Crippen LogP contribution in [0.5, 0.6) is 0 Å². The lowest BCUT2D eigenvalue weighted by Crippen LogP contribution is -3.14. The summed E-state index contributed by atoms with van der Waals surface area (Å²) in [5.74, 6) is 0.438. The first-order valence-electron chi connectivity index (χ1n) is 10.6. The number of quaternary nitrogens is 1. The van der Waals surface area contributed by atoms with Crippen molar-refractivity contribution in [2.45, 2.75) is 38.1 Å². The summed E-state index contributed by atoms with van der Waals surface area (Å²) >= 11 is 1.79. The minimum absolute atomic E-state index is 0.00301. The van der Waals surface area contributed by atoms with Gasteiger partial charge in [0, 0.05) is 18.8 Å². The van der Waals surface area contributed by atoms with Gasteiger partial charge in [-0.3, -0.25) is 9.59 Å². The Hall–Kier alpha value is -2.57. The minimum atomic E-state index is -0.459. The van der Waals surface area contributed by atoms with Crippen molar-refractivity contribution in [3.63, 3.8) is 0 Å². The fraction of sp³-hybridized carbons (Fsp3) is 0.375. The van der Waals surface area contributed by atoms with E-state index in [1.807, 2.05) is 36.4 Å². The van der Waals surface area contributed by atoms with Crippen LogP contribution in [0.15, 0.2) is 54.6 Å². The van der Waals surface area contributed by atoms with Crippen LogP contribution in [0.25, 0.3) is 10.2 Å². The highest BCUT2D eigenvalue weighted by atomic mass is 32.1. The number of likely N-dealkylation sites (tertiary alicyclic amines) is 1. The number of ketones is 1. The predicted octanol–water partition coefficient (Wildman–Crippen LogP) is 2.38. The van der Waals surface area contributed by atoms with E-state index in [-0.39, 0.29) is 11.7 Å². The number of Topliss-reactive ketones (excluding diaryl/α,β-unsaturated/α-hetero) is 1. The molecule has 1 aromatic heterocycles. The fourth-order valence-corrected chi connectivity index (χ4v) is 5.27. The lowest BCUT2D eigenvalue weighted by molar-refractivity contribution is -0.897. The van der Waals surface area contributed by atoms with Crippen molar-refractivity contribution >= 4 is 33.2 Å². The largest absolute Gasteiger partial charge is 0.341 e. The van der Waals surface area contributed by atoms with Crippen LogP contribution < -0.4 is 10.2 Å². The van der Waals surface area contributed by atoms with Crippen LogP contribution in [0.1, 0.15) is 36.3 Å². The van der Waals surface area contributed by atoms with E-state index in [1.165, 1.54) is 14.6 Å². The van der Waals surface area contributed by atoms with Gasteiger partial charge in [0.25, 0.3) is 5.91 Å². The van der Waals surface area contributed by atoms with Crippen LogP contribution in [0.3, 0.4) is 0 Å². The van der Waals surface area contributed by atoms with Gasteiger partial charge in [-0.1, -0.05) is 42.5 Å². The molecule has 2 N–H and O–H groups in total. The normalized spacial score (nSPS) is 20.0. The zero-order valence-corrected chi connectivity index (χ0v) is 18.1. The number of thiazole rings is 1. The Morgan fingerprint density at radius 1 is 1.10 bits per heavy atom. The van der Waals surface area contributed by atoms with E-state index in [9.17, 15) is 9.59 Å². The second-order valence-electron chi connectivity index (χ2n) is 8.14. The van der Waals surface area contributed by atoms with Crippen LogP contribution in [0.4, 0.5) is 0 Å². The molecule has 6 heteroatoms. The summed E-state index contributed by atoms with van der Waals surface area (Å²) in [7, 11) is 0. The summed E-state index contributed by atoms with van der Waals surface area (Å²) in [5, 5.41) is 4.17. The molecule has 2 heterocycles. The molecule has 1 saturated heterocycles. The molecular formula is C24H28N3O2S+. The molecule has 1 aliphatic heterocycles. The standard InChI is InChI=1S/C24H27N3O2S/c1-17(28)21(15-18-7-3-2-4-8-18)25-23(29)16-27-13-11-19(12-14-27)24-26-20-9-5-6-10-22(20)30-24/h2-10,19,21H,11-16H2,1H3,(H,25,29)/p+1/t21-/m1/s1. The van der Waals surface area contributed by atoms with Gasteiger partial charge in [-0.2, -0.15) is 0 Å². The summed E-state index contributed by atoms with van der Waals surface area (Å²) < 4.78 is 1.25. The molecule has 2 aromatic carbocycles. The number of nitrogens with zero attached hydrogens (tertiary/aromatic N) is 1. The fourth-order valence-electron chi connectivity index (χ4n) is 4.13. The lowest BCUT2D eigenvalue weighted by Gasteiger charge is -2.28. The predicted molar refractivity (Wildman–Crippen MR) is 120 cm³/mol. The van der Waals surface area contributed by atoms with E-state index in [0.717, 1.165) is 37.0 Å². The Bertz CT molecular complexity index is 976. The van der Waals surface area contributed by atoms with E-state index in [1.54, 1.807) is 18.3 Å². The van der Waals surface area contributed by atoms with Crippen molar-refractivity contribution < 1.29 is 14.5 Å². The molecular weight excluding hydrogens is 394 g/mol. The Balaban J connectivity index is 1.28. The number of aromatic nitrogens is 1. The molecule has 1 aliphatic rings. The van der Waals surface area contributed by atoms with Gasteiger partial charge >= 0.3 is 0 Å². The van der Waals surface area contributed by atoms with Crippen LogP contribution in [0, 0.1) is 0 Å². The average Bonchev–Trinajstić information content (AvgIpc) is 3.19. The third kappa shape index (κ3) is 5.12. The lowest BCUT2D eigenvalue weighted by atomic mass is 9.97. The number of hydrogen-bond acceptors (Lipinski definition) is 4. The highest BCUT2D eigenvalue weighted by Crippen LogP contribution is 2.31. The van der Waals surface area contributed by atoms with Crippen molar-refractivity contribution in [1.29, 1.82) is 0 Å². The van der Waals surface area contributed by atoms with E-state index in [4.69, 9.17) is 4.98 Å². The summed E-state index contributed by atoms with van der Waals surface area (Å²) in [5.41, 5.74) is 2.14. The maximum Gasteiger partial charge on any atom is 0.275 e. The number of carbonyl (C=O) groups is 2. The minimum Gasteiger partial charge on any atom is -0.341 e. The molecule has 1 fully saturated rings. The van der Waals surface area contributed by atoms with Crippen molar-refractivity contribution in [2.75, 3.05) is 19.6 Å². The Labute approximate surface area is 181 Å². The summed E-state index contributed by atoms with van der Waals surface area (Å²) in [6.07, 6.45) is 2.63. The van der Waals surface area contributed by atoms with Gasteiger partial charge in [0.15, 0.2) is 12.3 Å². The Kier molecular flexibility index (Phi) is 6.55. The van der Waals surface area contributed by atoms with Crippen molar-refractivity contribution in [2.24, 2.45) is 0 Å². The van der Waals surface area contributed by atoms with Gasteiger partial charge in [0.2, 0.25) is 0 Å². The van der Waals surface area contributed by atoms with Gasteiger partial charge in [0.1, 0.15) is 0 Å². The van der Waals surface area contributed by atoms with Gasteiger partial charge in [-0.25, -0.2) is 4.98 Å². The number of hydrogen-bond donors (Lipinski definition) is 2. The molecule has 30 heavy (non-hydrogen) atoms. The number of rotatable bonds is 7. The number of amides is 1. The molecule has 1 amide bonds. The van der Waals surface area contributed by atoms with Crippen LogP contribution in [-0.2, 0) is 16.0 Å². The van der Waals surface area contributed by atoms with Crippen LogP contribution in [0.2, 0.25) is 0 Å². The number of para-hydroxylation sites is 1. The van der Waals surface area contributed by atoms with Gasteiger partial charge in [0.05, 0.1) is 34.4 Å².